The summed E-state index contributed by atoms with van der Waals surface area (Å²) in [5.74, 6) is 1.55. The number of hydrogen-bond acceptors (Lipinski definition) is 4. The Balaban J connectivity index is 2.06. The van der Waals surface area contributed by atoms with Gasteiger partial charge in [-0.2, -0.15) is 0 Å². The van der Waals surface area contributed by atoms with Crippen LogP contribution in [0.1, 0.15) is 12.5 Å². The van der Waals surface area contributed by atoms with Crippen molar-refractivity contribution in [2.45, 2.75) is 13.8 Å². The number of benzene rings is 1. The van der Waals surface area contributed by atoms with Crippen LogP contribution >= 0.6 is 15.9 Å². The molecule has 2 N–H and O–H groups in total. The Hall–Kier alpha value is -2.08. The summed E-state index contributed by atoms with van der Waals surface area (Å²) in [5.41, 5.74) is 2.95. The lowest BCUT2D eigenvalue weighted by Crippen LogP contribution is -2.05. The second-order valence-corrected chi connectivity index (χ2v) is 5.55. The zero-order valence-corrected chi connectivity index (χ0v) is 13.5. The van der Waals surface area contributed by atoms with Crippen molar-refractivity contribution < 1.29 is 0 Å². The molecule has 0 saturated heterocycles. The van der Waals surface area contributed by atoms with Crippen LogP contribution in [0.2, 0.25) is 0 Å². The van der Waals surface area contributed by atoms with Crippen molar-refractivity contribution in [1.82, 2.24) is 14.4 Å². The lowest BCUT2D eigenvalue weighted by molar-refractivity contribution is 1.09. The minimum atomic E-state index is 0.736. The Kier molecular flexibility index (Phi) is 3.79. The molecule has 108 valence electrons. The van der Waals surface area contributed by atoms with Gasteiger partial charge in [0.1, 0.15) is 5.82 Å². The zero-order chi connectivity index (χ0) is 14.8. The van der Waals surface area contributed by atoms with Crippen molar-refractivity contribution in [2.75, 3.05) is 17.2 Å². The average molecular weight is 346 g/mol. The van der Waals surface area contributed by atoms with Gasteiger partial charge < -0.3 is 15.0 Å². The molecule has 6 heteroatoms. The maximum absolute atomic E-state index is 4.61. The highest BCUT2D eigenvalue weighted by Gasteiger charge is 2.09. The normalized spacial score (nSPS) is 10.8. The van der Waals surface area contributed by atoms with E-state index in [0.717, 1.165) is 39.6 Å². The van der Waals surface area contributed by atoms with E-state index in [1.165, 1.54) is 0 Å². The summed E-state index contributed by atoms with van der Waals surface area (Å²) in [6.45, 7) is 4.93. The first-order valence-corrected chi connectivity index (χ1v) is 7.58. The van der Waals surface area contributed by atoms with Gasteiger partial charge in [-0.15, -0.1) is 0 Å². The summed E-state index contributed by atoms with van der Waals surface area (Å²) in [4.78, 5) is 8.97. The minimum absolute atomic E-state index is 0.736. The van der Waals surface area contributed by atoms with Crippen LogP contribution in [0.3, 0.4) is 0 Å². The van der Waals surface area contributed by atoms with E-state index in [-0.39, 0.29) is 0 Å². The van der Waals surface area contributed by atoms with E-state index in [1.54, 1.807) is 6.20 Å². The molecule has 0 spiro atoms. The summed E-state index contributed by atoms with van der Waals surface area (Å²) < 4.78 is 3.02. The van der Waals surface area contributed by atoms with Gasteiger partial charge >= 0.3 is 0 Å². The van der Waals surface area contributed by atoms with Gasteiger partial charge in [-0.3, -0.25) is 0 Å². The van der Waals surface area contributed by atoms with Crippen LogP contribution in [0.5, 0.6) is 0 Å². The molecule has 0 aliphatic heterocycles. The third-order valence-electron chi connectivity index (χ3n) is 3.25. The molecule has 0 unspecified atom stereocenters. The molecule has 21 heavy (non-hydrogen) atoms. The Labute approximate surface area is 131 Å². The largest absolute Gasteiger partial charge is 0.369 e. The van der Waals surface area contributed by atoms with Crippen LogP contribution in [0.15, 0.2) is 41.3 Å². The second kappa shape index (κ2) is 5.73. The monoisotopic (exact) mass is 345 g/mol. The average Bonchev–Trinajstić information content (AvgIpc) is 2.93. The highest BCUT2D eigenvalue weighted by molar-refractivity contribution is 9.10. The fourth-order valence-corrected chi connectivity index (χ4v) is 2.52. The summed E-state index contributed by atoms with van der Waals surface area (Å²) in [5, 5.41) is 6.61. The fourth-order valence-electron chi connectivity index (χ4n) is 2.15. The molecular weight excluding hydrogens is 330 g/mol. The Morgan fingerprint density at radius 3 is 3.00 bits per heavy atom. The number of aromatic nitrogens is 3. The fraction of sp³-hybridized carbons (Fsp3) is 0.200. The predicted octanol–water partition coefficient (Wildman–Crippen LogP) is 3.98. The molecule has 1 aromatic carbocycles. The highest BCUT2D eigenvalue weighted by atomic mass is 79.9. The molecule has 0 saturated carbocycles. The van der Waals surface area contributed by atoms with Crippen LogP contribution in [-0.2, 0) is 0 Å². The van der Waals surface area contributed by atoms with E-state index >= 15 is 0 Å². The van der Waals surface area contributed by atoms with E-state index in [4.69, 9.17) is 0 Å². The standard InChI is InChI=1S/C15H16BrN5/c1-3-17-13-9-21-8-7-18-15(21)14(20-13)19-12-6-4-5-11(16)10(12)2/h4-9,17H,3H2,1-2H3,(H,19,20). The molecule has 2 heterocycles. The van der Waals surface area contributed by atoms with E-state index in [9.17, 15) is 0 Å². The summed E-state index contributed by atoms with van der Waals surface area (Å²) in [6.07, 6.45) is 5.62. The van der Waals surface area contributed by atoms with Gasteiger partial charge in [-0.05, 0) is 31.5 Å². The quantitative estimate of drug-likeness (QED) is 0.750. The Bertz CT molecular complexity index is 781. The first kappa shape index (κ1) is 13.9. The van der Waals surface area contributed by atoms with Gasteiger partial charge in [-0.25, -0.2) is 9.97 Å². The molecule has 0 atom stereocenters. The van der Waals surface area contributed by atoms with Crippen molar-refractivity contribution >= 4 is 38.9 Å². The molecule has 2 aromatic heterocycles. The van der Waals surface area contributed by atoms with Crippen LogP contribution in [0, 0.1) is 6.92 Å². The molecule has 0 radical (unpaired) electrons. The maximum atomic E-state index is 4.61. The number of nitrogens with one attached hydrogen (secondary N) is 2. The number of nitrogens with zero attached hydrogens (tertiary/aromatic N) is 3. The molecule has 5 nitrogen and oxygen atoms in total. The molecular formula is C15H16BrN5. The van der Waals surface area contributed by atoms with Gasteiger partial charge in [0.25, 0.3) is 0 Å². The van der Waals surface area contributed by atoms with E-state index in [0.29, 0.717) is 0 Å². The second-order valence-electron chi connectivity index (χ2n) is 4.70. The number of hydrogen-bond donors (Lipinski definition) is 2. The molecule has 0 aliphatic carbocycles. The molecule has 0 amide bonds. The maximum Gasteiger partial charge on any atom is 0.180 e. The summed E-state index contributed by atoms with van der Waals surface area (Å²) >= 11 is 3.55. The summed E-state index contributed by atoms with van der Waals surface area (Å²) in [6, 6.07) is 6.05. The lowest BCUT2D eigenvalue weighted by atomic mass is 10.2. The SMILES string of the molecule is CCNc1cn2ccnc2c(Nc2cccc(Br)c2C)n1. The number of imidazole rings is 1. The van der Waals surface area contributed by atoms with E-state index in [2.05, 4.69) is 43.5 Å². The first-order chi connectivity index (χ1) is 10.2. The van der Waals surface area contributed by atoms with E-state index in [1.807, 2.05) is 41.9 Å². The number of anilines is 3. The zero-order valence-electron chi connectivity index (χ0n) is 11.9. The van der Waals surface area contributed by atoms with E-state index < -0.39 is 0 Å². The molecule has 0 fully saturated rings. The highest BCUT2D eigenvalue weighted by Crippen LogP contribution is 2.27. The van der Waals surface area contributed by atoms with Crippen molar-refractivity contribution in [2.24, 2.45) is 0 Å². The summed E-state index contributed by atoms with van der Waals surface area (Å²) in [7, 11) is 0. The molecule has 0 bridgehead atoms. The number of rotatable bonds is 4. The van der Waals surface area contributed by atoms with Gasteiger partial charge in [0, 0.05) is 29.1 Å². The minimum Gasteiger partial charge on any atom is -0.369 e. The molecule has 0 aliphatic rings. The predicted molar refractivity (Wildman–Crippen MR) is 89.3 cm³/mol. The van der Waals surface area contributed by atoms with Gasteiger partial charge in [0.2, 0.25) is 0 Å². The van der Waals surface area contributed by atoms with Crippen LogP contribution in [-0.4, -0.2) is 20.9 Å². The van der Waals surface area contributed by atoms with Crippen molar-refractivity contribution in [3.05, 3.63) is 46.8 Å². The number of halogens is 1. The van der Waals surface area contributed by atoms with Crippen molar-refractivity contribution in [1.29, 1.82) is 0 Å². The van der Waals surface area contributed by atoms with Crippen molar-refractivity contribution in [3.63, 3.8) is 0 Å². The van der Waals surface area contributed by atoms with Gasteiger partial charge in [0.05, 0.1) is 6.20 Å². The topological polar surface area (TPSA) is 54.2 Å². The van der Waals surface area contributed by atoms with Crippen LogP contribution < -0.4 is 10.6 Å². The third kappa shape index (κ3) is 2.71. The van der Waals surface area contributed by atoms with Crippen LogP contribution in [0.4, 0.5) is 17.3 Å². The lowest BCUT2D eigenvalue weighted by Gasteiger charge is -2.12. The van der Waals surface area contributed by atoms with Crippen LogP contribution in [0.25, 0.3) is 5.65 Å². The molecule has 3 rings (SSSR count). The Morgan fingerprint density at radius 1 is 1.33 bits per heavy atom. The Morgan fingerprint density at radius 2 is 2.19 bits per heavy atom. The molecule has 3 aromatic rings. The van der Waals surface area contributed by atoms with Gasteiger partial charge in [-0.1, -0.05) is 22.0 Å². The number of fused-ring (bicyclic) bond motifs is 1. The first-order valence-electron chi connectivity index (χ1n) is 6.78. The van der Waals surface area contributed by atoms with Crippen molar-refractivity contribution in [3.8, 4) is 0 Å². The third-order valence-corrected chi connectivity index (χ3v) is 4.11. The van der Waals surface area contributed by atoms with Gasteiger partial charge in [0.15, 0.2) is 11.5 Å². The smallest absolute Gasteiger partial charge is 0.180 e.